The van der Waals surface area contributed by atoms with E-state index in [0.717, 1.165) is 9.81 Å². The van der Waals surface area contributed by atoms with Crippen LogP contribution in [-0.4, -0.2) is 0 Å². The Bertz CT molecular complexity index is 224. The van der Waals surface area contributed by atoms with Gasteiger partial charge in [-0.25, -0.2) is 0 Å². The average Bonchev–Trinajstić information content (AvgIpc) is 1.81. The first-order valence-corrected chi connectivity index (χ1v) is 4.65. The summed E-state index contributed by atoms with van der Waals surface area (Å²) in [5.74, 6) is 0.502. The molecule has 0 aromatic rings. The molecule has 1 aliphatic carbocycles. The van der Waals surface area contributed by atoms with Crippen LogP contribution in [0.3, 0.4) is 0 Å². The molecule has 0 spiro atoms. The Kier molecular flexibility index (Phi) is 2.45. The van der Waals surface area contributed by atoms with Crippen LogP contribution in [0.15, 0.2) is 22.0 Å². The molecule has 0 saturated carbocycles. The normalized spacial score (nSPS) is 29.4. The van der Waals surface area contributed by atoms with Gasteiger partial charge in [-0.3, -0.25) is 0 Å². The number of hydrogen-bond donors (Lipinski definition) is 2. The molecular formula is C9H14S2. The van der Waals surface area contributed by atoms with Crippen molar-refractivity contribution in [3.8, 4) is 0 Å². The fourth-order valence-electron chi connectivity index (χ4n) is 1.21. The van der Waals surface area contributed by atoms with E-state index >= 15 is 0 Å². The smallest absolute Gasteiger partial charge is 0.00135 e. The Balaban J connectivity index is 3.01. The van der Waals surface area contributed by atoms with Gasteiger partial charge in [0.25, 0.3) is 0 Å². The lowest BCUT2D eigenvalue weighted by Crippen LogP contribution is -2.21. The Morgan fingerprint density at radius 3 is 2.36 bits per heavy atom. The molecule has 0 amide bonds. The van der Waals surface area contributed by atoms with Crippen LogP contribution in [0.5, 0.6) is 0 Å². The first-order valence-electron chi connectivity index (χ1n) is 3.76. The minimum atomic E-state index is 0.197. The molecule has 1 unspecified atom stereocenters. The fraction of sp³-hybridized carbons (Fsp3) is 0.556. The third kappa shape index (κ3) is 1.85. The lowest BCUT2D eigenvalue weighted by Gasteiger charge is -2.32. The molecule has 11 heavy (non-hydrogen) atoms. The summed E-state index contributed by atoms with van der Waals surface area (Å²) < 4.78 is 0. The van der Waals surface area contributed by atoms with E-state index in [2.05, 4.69) is 52.1 Å². The van der Waals surface area contributed by atoms with E-state index in [1.165, 1.54) is 0 Å². The number of thiol groups is 2. The molecule has 1 aliphatic rings. The summed E-state index contributed by atoms with van der Waals surface area (Å²) in [7, 11) is 0. The number of rotatable bonds is 0. The molecule has 0 heterocycles. The number of hydrogen-bond acceptors (Lipinski definition) is 2. The van der Waals surface area contributed by atoms with Crippen molar-refractivity contribution < 1.29 is 0 Å². The molecule has 1 rings (SSSR count). The van der Waals surface area contributed by atoms with Gasteiger partial charge in [-0.2, -0.15) is 0 Å². The van der Waals surface area contributed by atoms with Gasteiger partial charge in [0.05, 0.1) is 0 Å². The summed E-state index contributed by atoms with van der Waals surface area (Å²) in [6, 6.07) is 0. The van der Waals surface area contributed by atoms with Gasteiger partial charge < -0.3 is 0 Å². The second kappa shape index (κ2) is 2.91. The SMILES string of the molecule is CC1C(S)=CC(S)=CC1(C)C. The van der Waals surface area contributed by atoms with Crippen molar-refractivity contribution in [1.82, 2.24) is 0 Å². The molecule has 1 atom stereocenters. The second-order valence-corrected chi connectivity index (χ2v) is 4.71. The van der Waals surface area contributed by atoms with Crippen molar-refractivity contribution in [1.29, 1.82) is 0 Å². The van der Waals surface area contributed by atoms with Crippen LogP contribution in [0.4, 0.5) is 0 Å². The van der Waals surface area contributed by atoms with Crippen molar-refractivity contribution >= 4 is 25.3 Å². The van der Waals surface area contributed by atoms with Crippen LogP contribution in [0.2, 0.25) is 0 Å². The van der Waals surface area contributed by atoms with Crippen molar-refractivity contribution in [3.05, 3.63) is 22.0 Å². The first kappa shape index (κ1) is 9.27. The van der Waals surface area contributed by atoms with E-state index in [4.69, 9.17) is 0 Å². The molecule has 0 aromatic carbocycles. The van der Waals surface area contributed by atoms with E-state index in [0.29, 0.717) is 5.92 Å². The maximum Gasteiger partial charge on any atom is 0.00135 e. The molecule has 0 aromatic heterocycles. The van der Waals surface area contributed by atoms with Crippen LogP contribution < -0.4 is 0 Å². The van der Waals surface area contributed by atoms with E-state index < -0.39 is 0 Å². The predicted molar refractivity (Wildman–Crippen MR) is 57.1 cm³/mol. The van der Waals surface area contributed by atoms with Gasteiger partial charge in [-0.05, 0) is 22.3 Å². The third-order valence-corrected chi connectivity index (χ3v) is 3.15. The largest absolute Gasteiger partial charge is 0.148 e. The number of allylic oxidation sites excluding steroid dienone is 3. The minimum Gasteiger partial charge on any atom is -0.148 e. The van der Waals surface area contributed by atoms with Gasteiger partial charge in [0, 0.05) is 4.91 Å². The van der Waals surface area contributed by atoms with E-state index in [-0.39, 0.29) is 5.41 Å². The Hall–Kier alpha value is 0.180. The highest BCUT2D eigenvalue weighted by Crippen LogP contribution is 2.40. The van der Waals surface area contributed by atoms with Gasteiger partial charge in [-0.1, -0.05) is 26.8 Å². The summed E-state index contributed by atoms with van der Waals surface area (Å²) in [6.45, 7) is 6.60. The van der Waals surface area contributed by atoms with Crippen LogP contribution in [0.1, 0.15) is 20.8 Å². The van der Waals surface area contributed by atoms with Gasteiger partial charge in [0.15, 0.2) is 0 Å². The Labute approximate surface area is 79.6 Å². The van der Waals surface area contributed by atoms with Gasteiger partial charge in [0.1, 0.15) is 0 Å². The monoisotopic (exact) mass is 186 g/mol. The zero-order valence-electron chi connectivity index (χ0n) is 7.13. The molecular weight excluding hydrogens is 172 g/mol. The first-order chi connectivity index (χ1) is 4.93. The van der Waals surface area contributed by atoms with E-state index in [9.17, 15) is 0 Å². The molecule has 0 bridgehead atoms. The molecule has 62 valence electrons. The Morgan fingerprint density at radius 1 is 1.36 bits per heavy atom. The zero-order chi connectivity index (χ0) is 8.65. The lowest BCUT2D eigenvalue weighted by atomic mass is 9.77. The highest BCUT2D eigenvalue weighted by atomic mass is 32.1. The quantitative estimate of drug-likeness (QED) is 0.533. The summed E-state index contributed by atoms with van der Waals surface area (Å²) in [6.07, 6.45) is 4.20. The fourth-order valence-corrected chi connectivity index (χ4v) is 2.25. The topological polar surface area (TPSA) is 0 Å². The zero-order valence-corrected chi connectivity index (χ0v) is 8.92. The van der Waals surface area contributed by atoms with Crippen molar-refractivity contribution in [3.63, 3.8) is 0 Å². The van der Waals surface area contributed by atoms with Gasteiger partial charge in [-0.15, -0.1) is 25.3 Å². The van der Waals surface area contributed by atoms with Gasteiger partial charge >= 0.3 is 0 Å². The van der Waals surface area contributed by atoms with E-state index in [1.54, 1.807) is 0 Å². The van der Waals surface area contributed by atoms with Gasteiger partial charge in [0.2, 0.25) is 0 Å². The molecule has 0 saturated heterocycles. The lowest BCUT2D eigenvalue weighted by molar-refractivity contribution is 0.359. The molecule has 0 nitrogen and oxygen atoms in total. The average molecular weight is 186 g/mol. The summed E-state index contributed by atoms with van der Waals surface area (Å²) in [4.78, 5) is 2.15. The van der Waals surface area contributed by atoms with Crippen LogP contribution in [0.25, 0.3) is 0 Å². The third-order valence-electron chi connectivity index (χ3n) is 2.38. The van der Waals surface area contributed by atoms with Crippen molar-refractivity contribution in [2.24, 2.45) is 11.3 Å². The van der Waals surface area contributed by atoms with Crippen LogP contribution >= 0.6 is 25.3 Å². The predicted octanol–water partition coefficient (Wildman–Crippen LogP) is 3.29. The maximum absolute atomic E-state index is 4.40. The summed E-state index contributed by atoms with van der Waals surface area (Å²) in [5, 5.41) is 0. The maximum atomic E-state index is 4.40. The minimum absolute atomic E-state index is 0.197. The molecule has 2 heteroatoms. The molecule has 0 radical (unpaired) electrons. The molecule has 0 aliphatic heterocycles. The van der Waals surface area contributed by atoms with Crippen LogP contribution in [0, 0.1) is 11.3 Å². The highest BCUT2D eigenvalue weighted by Gasteiger charge is 2.27. The van der Waals surface area contributed by atoms with Crippen LogP contribution in [-0.2, 0) is 0 Å². The van der Waals surface area contributed by atoms with Crippen molar-refractivity contribution in [2.45, 2.75) is 20.8 Å². The van der Waals surface area contributed by atoms with Crippen molar-refractivity contribution in [2.75, 3.05) is 0 Å². The highest BCUT2D eigenvalue weighted by molar-refractivity contribution is 7.85. The summed E-state index contributed by atoms with van der Waals surface area (Å²) in [5.41, 5.74) is 0.197. The standard InChI is InChI=1S/C9H14S2/c1-6-8(11)4-7(10)5-9(6,2)3/h4-6,10-11H,1-3H3. The molecule has 0 fully saturated rings. The summed E-state index contributed by atoms with van der Waals surface area (Å²) >= 11 is 8.71. The molecule has 0 N–H and O–H groups in total. The second-order valence-electron chi connectivity index (χ2n) is 3.68. The Morgan fingerprint density at radius 2 is 1.91 bits per heavy atom. The van der Waals surface area contributed by atoms with E-state index in [1.807, 2.05) is 6.08 Å².